The maximum atomic E-state index is 13.1. The lowest BCUT2D eigenvalue weighted by Gasteiger charge is -2.29. The first-order chi connectivity index (χ1) is 11.7. The second-order valence-corrected chi connectivity index (χ2v) is 5.98. The topological polar surface area (TPSA) is 45.3 Å². The van der Waals surface area contributed by atoms with Crippen LogP contribution >= 0.6 is 0 Å². The smallest absolute Gasteiger partial charge is 0.337 e. The largest absolute Gasteiger partial charge is 0.465 e. The van der Waals surface area contributed by atoms with E-state index >= 15 is 0 Å². The van der Waals surface area contributed by atoms with E-state index in [0.29, 0.717) is 5.56 Å². The summed E-state index contributed by atoms with van der Waals surface area (Å²) in [4.78, 5) is 17.5. The van der Waals surface area contributed by atoms with E-state index in [-0.39, 0.29) is 11.8 Å². The first-order valence-electron chi connectivity index (χ1n) is 7.88. The monoisotopic (exact) mass is 324 g/mol. The fourth-order valence-electron chi connectivity index (χ4n) is 3.33. The Labute approximate surface area is 138 Å². The Morgan fingerprint density at radius 3 is 2.75 bits per heavy atom. The highest BCUT2D eigenvalue weighted by molar-refractivity contribution is 5.96. The number of halogens is 1. The maximum absolute atomic E-state index is 13.1. The van der Waals surface area contributed by atoms with Gasteiger partial charge in [0, 0.05) is 47.4 Å². The van der Waals surface area contributed by atoms with E-state index in [9.17, 15) is 9.18 Å². The summed E-state index contributed by atoms with van der Waals surface area (Å²) in [6.45, 7) is 1.60. The fourth-order valence-corrected chi connectivity index (χ4v) is 3.33. The lowest BCUT2D eigenvalue weighted by Crippen LogP contribution is -2.30. The van der Waals surface area contributed by atoms with Crippen molar-refractivity contribution < 1.29 is 13.9 Å². The molecule has 1 aliphatic heterocycles. The van der Waals surface area contributed by atoms with Gasteiger partial charge in [-0.15, -0.1) is 0 Å². The van der Waals surface area contributed by atoms with E-state index in [0.717, 1.165) is 36.1 Å². The molecular weight excluding hydrogens is 307 g/mol. The van der Waals surface area contributed by atoms with Crippen molar-refractivity contribution in [3.05, 3.63) is 65.1 Å². The number of hydrogen-bond acceptors (Lipinski definition) is 3. The molecule has 1 aromatic heterocycles. The Balaban J connectivity index is 1.73. The van der Waals surface area contributed by atoms with Crippen LogP contribution in [0.1, 0.15) is 21.6 Å². The van der Waals surface area contributed by atoms with Gasteiger partial charge in [0.15, 0.2) is 0 Å². The minimum atomic E-state index is -0.335. The Hall–Kier alpha value is -2.82. The molecule has 0 atom stereocenters. The van der Waals surface area contributed by atoms with Gasteiger partial charge in [-0.1, -0.05) is 0 Å². The number of methoxy groups -OCH3 is 1. The summed E-state index contributed by atoms with van der Waals surface area (Å²) in [7, 11) is 1.38. The molecule has 0 spiro atoms. The number of esters is 1. The minimum absolute atomic E-state index is 0.230. The second-order valence-electron chi connectivity index (χ2n) is 5.98. The van der Waals surface area contributed by atoms with Gasteiger partial charge in [0.05, 0.1) is 12.7 Å². The second kappa shape index (κ2) is 5.67. The highest BCUT2D eigenvalue weighted by Gasteiger charge is 2.21. The zero-order valence-corrected chi connectivity index (χ0v) is 13.3. The van der Waals surface area contributed by atoms with Crippen molar-refractivity contribution in [1.82, 2.24) is 4.98 Å². The van der Waals surface area contributed by atoms with Gasteiger partial charge in [0.25, 0.3) is 0 Å². The van der Waals surface area contributed by atoms with Crippen molar-refractivity contribution in [3.8, 4) is 0 Å². The van der Waals surface area contributed by atoms with Gasteiger partial charge in [0.2, 0.25) is 0 Å². The van der Waals surface area contributed by atoms with Crippen LogP contribution in [-0.2, 0) is 17.7 Å². The van der Waals surface area contributed by atoms with Crippen molar-refractivity contribution in [2.75, 3.05) is 18.6 Å². The standard InChI is InChI=1S/C19H17FN2O2/c1-24-19(23)12-2-7-17-15(10-12)16-11-22(9-8-18(16)21-17)14-5-3-13(20)4-6-14/h2-7,10,21H,8-9,11H2,1H3. The average Bonchev–Trinajstić information content (AvgIpc) is 2.98. The summed E-state index contributed by atoms with van der Waals surface area (Å²) in [5.74, 6) is -0.565. The van der Waals surface area contributed by atoms with Gasteiger partial charge in [-0.05, 0) is 42.5 Å². The highest BCUT2D eigenvalue weighted by Crippen LogP contribution is 2.31. The normalized spacial score (nSPS) is 13.8. The van der Waals surface area contributed by atoms with Crippen molar-refractivity contribution in [1.29, 1.82) is 0 Å². The lowest BCUT2D eigenvalue weighted by molar-refractivity contribution is 0.0601. The van der Waals surface area contributed by atoms with Crippen LogP contribution in [0, 0.1) is 5.82 Å². The molecule has 5 heteroatoms. The molecule has 24 heavy (non-hydrogen) atoms. The molecule has 0 fully saturated rings. The molecule has 0 amide bonds. The Bertz CT molecular complexity index is 915. The molecule has 0 unspecified atom stereocenters. The number of H-pyrrole nitrogens is 1. The number of ether oxygens (including phenoxy) is 1. The SMILES string of the molecule is COC(=O)c1ccc2[nH]c3c(c2c1)CN(c1ccc(F)cc1)CC3. The number of benzene rings is 2. The molecule has 4 nitrogen and oxygen atoms in total. The van der Waals surface area contributed by atoms with Crippen LogP contribution in [0.25, 0.3) is 10.9 Å². The molecule has 0 bridgehead atoms. The van der Waals surface area contributed by atoms with E-state index in [1.165, 1.54) is 30.5 Å². The maximum Gasteiger partial charge on any atom is 0.337 e. The predicted octanol–water partition coefficient (Wildman–Crippen LogP) is 3.66. The zero-order valence-electron chi connectivity index (χ0n) is 13.3. The van der Waals surface area contributed by atoms with E-state index in [4.69, 9.17) is 4.74 Å². The molecule has 0 radical (unpaired) electrons. The number of hydrogen-bond donors (Lipinski definition) is 1. The number of rotatable bonds is 2. The van der Waals surface area contributed by atoms with Crippen molar-refractivity contribution >= 4 is 22.6 Å². The molecule has 2 aromatic carbocycles. The van der Waals surface area contributed by atoms with E-state index < -0.39 is 0 Å². The van der Waals surface area contributed by atoms with E-state index in [2.05, 4.69) is 9.88 Å². The molecule has 3 aromatic rings. The van der Waals surface area contributed by atoms with Crippen LogP contribution in [0.4, 0.5) is 10.1 Å². The third-order valence-electron chi connectivity index (χ3n) is 4.59. The summed E-state index contributed by atoms with van der Waals surface area (Å²) in [6.07, 6.45) is 0.884. The van der Waals surface area contributed by atoms with Crippen LogP contribution < -0.4 is 4.90 Å². The summed E-state index contributed by atoms with van der Waals surface area (Å²) in [5, 5.41) is 1.04. The molecule has 122 valence electrons. The zero-order chi connectivity index (χ0) is 16.7. The first kappa shape index (κ1) is 14.8. The Kier molecular flexibility index (Phi) is 3.49. The Morgan fingerprint density at radius 1 is 1.21 bits per heavy atom. The average molecular weight is 324 g/mol. The van der Waals surface area contributed by atoms with Gasteiger partial charge in [0.1, 0.15) is 5.82 Å². The van der Waals surface area contributed by atoms with Crippen LogP contribution in [0.3, 0.4) is 0 Å². The number of aromatic nitrogens is 1. The van der Waals surface area contributed by atoms with Gasteiger partial charge in [-0.2, -0.15) is 0 Å². The third kappa shape index (κ3) is 2.42. The molecular formula is C19H17FN2O2. The molecule has 4 rings (SSSR count). The summed E-state index contributed by atoms with van der Waals surface area (Å²) < 4.78 is 18.0. The number of fused-ring (bicyclic) bond motifs is 3. The molecule has 0 saturated carbocycles. The van der Waals surface area contributed by atoms with Gasteiger partial charge >= 0.3 is 5.97 Å². The lowest BCUT2D eigenvalue weighted by atomic mass is 10.0. The summed E-state index contributed by atoms with van der Waals surface area (Å²) >= 11 is 0. The van der Waals surface area contributed by atoms with Crippen LogP contribution in [0.15, 0.2) is 42.5 Å². The van der Waals surface area contributed by atoms with E-state index in [1.54, 1.807) is 18.2 Å². The molecule has 1 aliphatic rings. The van der Waals surface area contributed by atoms with Crippen molar-refractivity contribution in [2.24, 2.45) is 0 Å². The van der Waals surface area contributed by atoms with Crippen LogP contribution in [-0.4, -0.2) is 24.6 Å². The Morgan fingerprint density at radius 2 is 2.00 bits per heavy atom. The molecule has 1 N–H and O–H groups in total. The highest BCUT2D eigenvalue weighted by atomic mass is 19.1. The fraction of sp³-hybridized carbons (Fsp3) is 0.211. The number of nitrogens with zero attached hydrogens (tertiary/aromatic N) is 1. The number of anilines is 1. The van der Waals surface area contributed by atoms with Crippen LogP contribution in [0.5, 0.6) is 0 Å². The molecule has 0 saturated heterocycles. The van der Waals surface area contributed by atoms with Crippen LogP contribution in [0.2, 0.25) is 0 Å². The van der Waals surface area contributed by atoms with Gasteiger partial charge in [-0.25, -0.2) is 9.18 Å². The summed E-state index contributed by atoms with van der Waals surface area (Å²) in [5.41, 5.74) is 4.96. The quantitative estimate of drug-likeness (QED) is 0.732. The minimum Gasteiger partial charge on any atom is -0.465 e. The van der Waals surface area contributed by atoms with Crippen molar-refractivity contribution in [2.45, 2.75) is 13.0 Å². The van der Waals surface area contributed by atoms with Gasteiger partial charge < -0.3 is 14.6 Å². The summed E-state index contributed by atoms with van der Waals surface area (Å²) in [6, 6.07) is 12.1. The predicted molar refractivity (Wildman–Crippen MR) is 90.8 cm³/mol. The first-order valence-corrected chi connectivity index (χ1v) is 7.88. The molecule has 2 heterocycles. The number of carbonyl (C=O) groups excluding carboxylic acids is 1. The number of nitrogens with one attached hydrogen (secondary N) is 1. The number of carbonyl (C=O) groups is 1. The van der Waals surface area contributed by atoms with E-state index in [1.807, 2.05) is 12.1 Å². The van der Waals surface area contributed by atoms with Crippen molar-refractivity contribution in [3.63, 3.8) is 0 Å². The number of aromatic amines is 1. The third-order valence-corrected chi connectivity index (χ3v) is 4.59. The van der Waals surface area contributed by atoms with Gasteiger partial charge in [-0.3, -0.25) is 0 Å². The molecule has 0 aliphatic carbocycles.